The lowest BCUT2D eigenvalue weighted by Gasteiger charge is -2.19. The van der Waals surface area contributed by atoms with Gasteiger partial charge in [-0.1, -0.05) is 0 Å². The molecule has 1 aromatic carbocycles. The molecule has 0 aromatic heterocycles. The second kappa shape index (κ2) is 6.67. The maximum Gasteiger partial charge on any atom is 0.338 e. The number of nitro benzene ring substituents is 1. The van der Waals surface area contributed by atoms with Gasteiger partial charge in [-0.3, -0.25) is 10.1 Å². The molecule has 0 spiro atoms. The van der Waals surface area contributed by atoms with Crippen LogP contribution in [-0.4, -0.2) is 30.6 Å². The Kier molecular flexibility index (Phi) is 5.18. The van der Waals surface area contributed by atoms with Crippen molar-refractivity contribution in [3.8, 4) is 6.07 Å². The van der Waals surface area contributed by atoms with Gasteiger partial charge in [0, 0.05) is 6.07 Å². The van der Waals surface area contributed by atoms with Crippen molar-refractivity contribution < 1.29 is 24.0 Å². The van der Waals surface area contributed by atoms with Crippen LogP contribution in [0.15, 0.2) is 18.2 Å². The van der Waals surface area contributed by atoms with Gasteiger partial charge < -0.3 is 9.47 Å². The van der Waals surface area contributed by atoms with Gasteiger partial charge in [-0.25, -0.2) is 9.59 Å². The Labute approximate surface area is 126 Å². The summed E-state index contributed by atoms with van der Waals surface area (Å²) < 4.78 is 9.30. The maximum absolute atomic E-state index is 12.0. The van der Waals surface area contributed by atoms with Crippen LogP contribution in [0.4, 0.5) is 5.69 Å². The Morgan fingerprint density at radius 2 is 2.09 bits per heavy atom. The summed E-state index contributed by atoms with van der Waals surface area (Å²) in [5.41, 5.74) is -2.58. The van der Waals surface area contributed by atoms with Crippen LogP contribution in [0.2, 0.25) is 0 Å². The average Bonchev–Trinajstić information content (AvgIpc) is 2.52. The molecule has 1 atom stereocenters. The summed E-state index contributed by atoms with van der Waals surface area (Å²) in [5.74, 6) is -1.66. The molecule has 0 N–H and O–H groups in total. The summed E-state index contributed by atoms with van der Waals surface area (Å²) >= 11 is 0. The first kappa shape index (κ1) is 17.1. The fourth-order valence-electron chi connectivity index (χ4n) is 1.84. The highest BCUT2D eigenvalue weighted by Gasteiger charge is 2.42. The van der Waals surface area contributed by atoms with Gasteiger partial charge in [0.25, 0.3) is 5.69 Å². The van der Waals surface area contributed by atoms with Gasteiger partial charge >= 0.3 is 11.9 Å². The maximum atomic E-state index is 12.0. The summed E-state index contributed by atoms with van der Waals surface area (Å²) in [5, 5.41) is 20.5. The van der Waals surface area contributed by atoms with Crippen molar-refractivity contribution in [1.29, 1.82) is 5.26 Å². The van der Waals surface area contributed by atoms with Gasteiger partial charge in [-0.15, -0.1) is 0 Å². The van der Waals surface area contributed by atoms with E-state index in [1.165, 1.54) is 19.1 Å². The van der Waals surface area contributed by atoms with Gasteiger partial charge in [0.05, 0.1) is 35.8 Å². The van der Waals surface area contributed by atoms with Gasteiger partial charge in [-0.05, 0) is 26.0 Å². The molecule has 0 aliphatic rings. The van der Waals surface area contributed by atoms with E-state index in [2.05, 4.69) is 4.74 Å². The Bertz CT molecular complexity index is 664. The molecule has 116 valence electrons. The van der Waals surface area contributed by atoms with Crippen molar-refractivity contribution >= 4 is 17.6 Å². The number of benzene rings is 1. The number of rotatable bonds is 5. The number of carbonyl (C=O) groups excluding carboxylic acids is 2. The predicted octanol–water partition coefficient (Wildman–Crippen LogP) is 1.73. The second-order valence-corrected chi connectivity index (χ2v) is 4.44. The first-order valence-electron chi connectivity index (χ1n) is 6.27. The number of ether oxygens (including phenoxy) is 2. The van der Waals surface area contributed by atoms with Crippen molar-refractivity contribution in [3.63, 3.8) is 0 Å². The fourth-order valence-corrected chi connectivity index (χ4v) is 1.84. The smallest absolute Gasteiger partial charge is 0.338 e. The quantitative estimate of drug-likeness (QED) is 0.461. The number of esters is 2. The van der Waals surface area contributed by atoms with Crippen molar-refractivity contribution in [2.75, 3.05) is 13.7 Å². The van der Waals surface area contributed by atoms with Gasteiger partial charge in [0.2, 0.25) is 0 Å². The third kappa shape index (κ3) is 3.03. The molecule has 0 fully saturated rings. The minimum Gasteiger partial charge on any atom is -0.465 e. The molecule has 0 amide bonds. The van der Waals surface area contributed by atoms with E-state index in [-0.39, 0.29) is 17.7 Å². The molecule has 0 radical (unpaired) electrons. The molecule has 22 heavy (non-hydrogen) atoms. The molecular formula is C14H14N2O6. The second-order valence-electron chi connectivity index (χ2n) is 4.44. The monoisotopic (exact) mass is 306 g/mol. The van der Waals surface area contributed by atoms with Crippen LogP contribution in [0.3, 0.4) is 0 Å². The molecular weight excluding hydrogens is 292 g/mol. The van der Waals surface area contributed by atoms with Crippen molar-refractivity contribution in [3.05, 3.63) is 39.4 Å². The van der Waals surface area contributed by atoms with E-state index in [0.29, 0.717) is 0 Å². The van der Waals surface area contributed by atoms with E-state index < -0.39 is 28.0 Å². The van der Waals surface area contributed by atoms with E-state index >= 15 is 0 Å². The van der Waals surface area contributed by atoms with E-state index in [1.807, 2.05) is 0 Å². The lowest BCUT2D eigenvalue weighted by Crippen LogP contribution is -2.33. The topological polar surface area (TPSA) is 120 Å². The van der Waals surface area contributed by atoms with E-state index in [0.717, 1.165) is 13.2 Å². The van der Waals surface area contributed by atoms with E-state index in [1.54, 1.807) is 13.0 Å². The van der Waals surface area contributed by atoms with Crippen LogP contribution in [-0.2, 0) is 19.7 Å². The largest absolute Gasteiger partial charge is 0.465 e. The summed E-state index contributed by atoms with van der Waals surface area (Å²) in [6, 6.07) is 5.15. The first-order valence-corrected chi connectivity index (χ1v) is 6.27. The summed E-state index contributed by atoms with van der Waals surface area (Å²) in [7, 11) is 1.14. The van der Waals surface area contributed by atoms with Gasteiger partial charge in [0.1, 0.15) is 0 Å². The van der Waals surface area contributed by atoms with E-state index in [4.69, 9.17) is 4.74 Å². The highest BCUT2D eigenvalue weighted by molar-refractivity contribution is 5.92. The Hall–Kier alpha value is -2.95. The summed E-state index contributed by atoms with van der Waals surface area (Å²) in [4.78, 5) is 33.9. The first-order chi connectivity index (χ1) is 10.3. The highest BCUT2D eigenvalue weighted by Crippen LogP contribution is 2.33. The standard InChI is InChI=1S/C14H14N2O6/c1-4-22-13(18)14(2,8-15)10-6-5-9(12(17)21-3)7-11(10)16(19)20/h5-7H,4H2,1-3H3. The lowest BCUT2D eigenvalue weighted by molar-refractivity contribution is -0.385. The van der Waals surface area contributed by atoms with Crippen molar-refractivity contribution in [2.45, 2.75) is 19.3 Å². The lowest BCUT2D eigenvalue weighted by atomic mass is 9.82. The zero-order chi connectivity index (χ0) is 16.9. The molecule has 8 heteroatoms. The van der Waals surface area contributed by atoms with Crippen LogP contribution in [0.25, 0.3) is 0 Å². The van der Waals surface area contributed by atoms with Crippen molar-refractivity contribution in [1.82, 2.24) is 0 Å². The summed E-state index contributed by atoms with van der Waals surface area (Å²) in [6.45, 7) is 2.82. The molecule has 0 saturated heterocycles. The molecule has 1 aromatic rings. The number of nitrogens with zero attached hydrogens (tertiary/aromatic N) is 2. The molecule has 0 bridgehead atoms. The number of nitriles is 1. The Balaban J connectivity index is 3.52. The SMILES string of the molecule is CCOC(=O)C(C)(C#N)c1ccc(C(=O)OC)cc1[N+](=O)[O-]. The molecule has 0 saturated carbocycles. The van der Waals surface area contributed by atoms with Crippen molar-refractivity contribution in [2.24, 2.45) is 0 Å². The molecule has 0 aliphatic heterocycles. The molecule has 8 nitrogen and oxygen atoms in total. The third-order valence-electron chi connectivity index (χ3n) is 3.06. The minimum atomic E-state index is -1.85. The van der Waals surface area contributed by atoms with Gasteiger partial charge in [-0.2, -0.15) is 5.26 Å². The summed E-state index contributed by atoms with van der Waals surface area (Å²) in [6.07, 6.45) is 0. The number of nitro groups is 1. The average molecular weight is 306 g/mol. The van der Waals surface area contributed by atoms with Crippen LogP contribution < -0.4 is 0 Å². The molecule has 0 aliphatic carbocycles. The van der Waals surface area contributed by atoms with Crippen LogP contribution in [0.1, 0.15) is 29.8 Å². The zero-order valence-corrected chi connectivity index (χ0v) is 12.3. The predicted molar refractivity (Wildman–Crippen MR) is 74.0 cm³/mol. The molecule has 1 rings (SSSR count). The number of hydrogen-bond donors (Lipinski definition) is 0. The highest BCUT2D eigenvalue weighted by atomic mass is 16.6. The number of carbonyl (C=O) groups is 2. The Morgan fingerprint density at radius 1 is 1.45 bits per heavy atom. The Morgan fingerprint density at radius 3 is 2.55 bits per heavy atom. The van der Waals surface area contributed by atoms with E-state index in [9.17, 15) is 25.0 Å². The number of methoxy groups -OCH3 is 1. The zero-order valence-electron chi connectivity index (χ0n) is 12.3. The molecule has 1 unspecified atom stereocenters. The third-order valence-corrected chi connectivity index (χ3v) is 3.06. The van der Waals surface area contributed by atoms with Crippen LogP contribution in [0.5, 0.6) is 0 Å². The van der Waals surface area contributed by atoms with Gasteiger partial charge in [0.15, 0.2) is 5.41 Å². The van der Waals surface area contributed by atoms with Crippen LogP contribution in [0, 0.1) is 21.4 Å². The number of hydrogen-bond acceptors (Lipinski definition) is 7. The van der Waals surface area contributed by atoms with Crippen LogP contribution >= 0.6 is 0 Å². The molecule has 0 heterocycles. The fraction of sp³-hybridized carbons (Fsp3) is 0.357. The normalized spacial score (nSPS) is 12.6. The minimum absolute atomic E-state index is 0.0319.